The monoisotopic (exact) mass is 560 g/mol. The van der Waals surface area contributed by atoms with E-state index in [-0.39, 0.29) is 29.8 Å². The van der Waals surface area contributed by atoms with Crippen molar-refractivity contribution in [3.05, 3.63) is 66.0 Å². The van der Waals surface area contributed by atoms with Crippen molar-refractivity contribution >= 4 is 40.0 Å². The molecule has 0 unspecified atom stereocenters. The van der Waals surface area contributed by atoms with E-state index in [1.807, 2.05) is 18.0 Å². The number of nitrogens with zero attached hydrogens (tertiary/aromatic N) is 3. The van der Waals surface area contributed by atoms with Crippen LogP contribution >= 0.6 is 24.0 Å². The number of benzene rings is 2. The highest BCUT2D eigenvalue weighted by atomic mass is 127. The van der Waals surface area contributed by atoms with E-state index in [4.69, 9.17) is 0 Å². The molecular weight excluding hydrogens is 530 g/mol. The molecule has 2 aromatic carbocycles. The largest absolute Gasteiger partial charge is 0.356 e. The smallest absolute Gasteiger partial charge is 0.243 e. The summed E-state index contributed by atoms with van der Waals surface area (Å²) in [6.07, 6.45) is 1.61. The molecule has 3 rings (SSSR count). The molecule has 1 aliphatic rings. The van der Waals surface area contributed by atoms with E-state index in [1.165, 1.54) is 12.1 Å². The third kappa shape index (κ3) is 6.88. The van der Waals surface area contributed by atoms with Crippen molar-refractivity contribution in [1.82, 2.24) is 14.5 Å². The number of sulfonamides is 1. The van der Waals surface area contributed by atoms with Gasteiger partial charge in [0.2, 0.25) is 10.0 Å². The molecule has 1 fully saturated rings. The summed E-state index contributed by atoms with van der Waals surface area (Å²) in [4.78, 5) is 6.67. The van der Waals surface area contributed by atoms with Gasteiger partial charge in [-0.25, -0.2) is 12.8 Å². The average molecular weight is 560 g/mol. The third-order valence-electron chi connectivity index (χ3n) is 5.41. The van der Waals surface area contributed by atoms with Gasteiger partial charge in [-0.05, 0) is 48.6 Å². The van der Waals surface area contributed by atoms with Crippen LogP contribution in [0.15, 0.2) is 64.5 Å². The molecule has 0 bridgehead atoms. The molecule has 0 aliphatic carbocycles. The van der Waals surface area contributed by atoms with Crippen LogP contribution in [0.1, 0.15) is 18.4 Å². The maximum absolute atomic E-state index is 13.1. The van der Waals surface area contributed by atoms with Crippen LogP contribution in [0.4, 0.5) is 4.39 Å². The highest BCUT2D eigenvalue weighted by molar-refractivity contribution is 14.0. The van der Waals surface area contributed by atoms with Gasteiger partial charge in [-0.1, -0.05) is 30.3 Å². The highest BCUT2D eigenvalue weighted by Crippen LogP contribution is 2.23. The maximum Gasteiger partial charge on any atom is 0.243 e. The molecule has 1 aliphatic heterocycles. The number of guanidine groups is 1. The first kappa shape index (κ1) is 25.5. The Labute approximate surface area is 201 Å². The summed E-state index contributed by atoms with van der Waals surface area (Å²) in [5, 5.41) is 3.39. The normalized spacial score (nSPS) is 15.9. The fraction of sp³-hybridized carbons (Fsp3) is 0.409. The van der Waals surface area contributed by atoms with Crippen molar-refractivity contribution in [3.63, 3.8) is 0 Å². The quantitative estimate of drug-likeness (QED) is 0.334. The topological polar surface area (TPSA) is 65.0 Å². The summed E-state index contributed by atoms with van der Waals surface area (Å²) >= 11 is 0. The van der Waals surface area contributed by atoms with E-state index < -0.39 is 10.0 Å². The van der Waals surface area contributed by atoms with Crippen LogP contribution in [-0.4, -0.2) is 57.3 Å². The molecule has 0 saturated carbocycles. The molecule has 9 heteroatoms. The standard InChI is InChI=1S/C22H29FN4O2S.HI/c1-24-22(26(2)17-19-8-10-20(23)11-9-19)25-16-18-12-14-27(15-13-18)30(28,29)21-6-4-3-5-7-21;/h3-11,18H,12-17H2,1-2H3,(H,24,25);1H. The first-order valence-corrected chi connectivity index (χ1v) is 11.6. The summed E-state index contributed by atoms with van der Waals surface area (Å²) in [5.41, 5.74) is 1.00. The molecule has 0 amide bonds. The lowest BCUT2D eigenvalue weighted by Crippen LogP contribution is -2.44. The number of aliphatic imine (C=N–C) groups is 1. The summed E-state index contributed by atoms with van der Waals surface area (Å²) in [7, 11) is 0.255. The maximum atomic E-state index is 13.1. The van der Waals surface area contributed by atoms with Gasteiger partial charge in [0.05, 0.1) is 4.90 Å². The van der Waals surface area contributed by atoms with Crippen LogP contribution in [0.25, 0.3) is 0 Å². The summed E-state index contributed by atoms with van der Waals surface area (Å²) < 4.78 is 40.2. The van der Waals surface area contributed by atoms with Crippen molar-refractivity contribution in [1.29, 1.82) is 0 Å². The molecule has 2 aromatic rings. The second-order valence-corrected chi connectivity index (χ2v) is 9.51. The lowest BCUT2D eigenvalue weighted by molar-refractivity contribution is 0.272. The second kappa shape index (κ2) is 11.8. The van der Waals surface area contributed by atoms with Crippen LogP contribution in [0.5, 0.6) is 0 Å². The van der Waals surface area contributed by atoms with E-state index >= 15 is 0 Å². The van der Waals surface area contributed by atoms with E-state index in [1.54, 1.807) is 47.8 Å². The number of halogens is 2. The number of rotatable bonds is 6. The Kier molecular flexibility index (Phi) is 9.70. The molecule has 1 N–H and O–H groups in total. The fourth-order valence-corrected chi connectivity index (χ4v) is 5.14. The molecule has 170 valence electrons. The first-order chi connectivity index (χ1) is 14.4. The van der Waals surface area contributed by atoms with Gasteiger partial charge in [0.1, 0.15) is 5.82 Å². The first-order valence-electron chi connectivity index (χ1n) is 10.1. The second-order valence-electron chi connectivity index (χ2n) is 7.57. The van der Waals surface area contributed by atoms with E-state index in [2.05, 4.69) is 10.3 Å². The molecule has 0 spiro atoms. The van der Waals surface area contributed by atoms with Crippen LogP contribution in [0.2, 0.25) is 0 Å². The lowest BCUT2D eigenvalue weighted by atomic mass is 9.98. The van der Waals surface area contributed by atoms with Gasteiger partial charge in [-0.2, -0.15) is 4.31 Å². The van der Waals surface area contributed by atoms with Crippen molar-refractivity contribution in [2.75, 3.05) is 33.7 Å². The van der Waals surface area contributed by atoms with Gasteiger partial charge in [-0.3, -0.25) is 4.99 Å². The molecule has 6 nitrogen and oxygen atoms in total. The fourth-order valence-electron chi connectivity index (χ4n) is 3.65. The van der Waals surface area contributed by atoms with E-state index in [0.29, 0.717) is 30.4 Å². The molecule has 0 aromatic heterocycles. The minimum absolute atomic E-state index is 0. The molecular formula is C22H30FIN4O2S. The number of piperidine rings is 1. The van der Waals surface area contributed by atoms with Crippen LogP contribution in [-0.2, 0) is 16.6 Å². The molecule has 1 saturated heterocycles. The molecule has 1 heterocycles. The zero-order valence-corrected chi connectivity index (χ0v) is 21.0. The van der Waals surface area contributed by atoms with Crippen LogP contribution < -0.4 is 5.32 Å². The van der Waals surface area contributed by atoms with Crippen LogP contribution in [0.3, 0.4) is 0 Å². The molecule has 0 atom stereocenters. The summed E-state index contributed by atoms with van der Waals surface area (Å²) in [6, 6.07) is 15.0. The van der Waals surface area contributed by atoms with Crippen molar-refractivity contribution in [2.45, 2.75) is 24.3 Å². The Hall–Kier alpha value is -1.72. The van der Waals surface area contributed by atoms with Crippen LogP contribution in [0, 0.1) is 11.7 Å². The highest BCUT2D eigenvalue weighted by Gasteiger charge is 2.29. The van der Waals surface area contributed by atoms with Gasteiger partial charge < -0.3 is 10.2 Å². The average Bonchev–Trinajstić information content (AvgIpc) is 2.77. The SMILES string of the molecule is CN=C(NCC1CCN(S(=O)(=O)c2ccccc2)CC1)N(C)Cc1ccc(F)cc1.I. The lowest BCUT2D eigenvalue weighted by Gasteiger charge is -2.32. The summed E-state index contributed by atoms with van der Waals surface area (Å²) in [6.45, 7) is 2.40. The molecule has 0 radical (unpaired) electrons. The van der Waals surface area contributed by atoms with E-state index in [0.717, 1.165) is 30.9 Å². The van der Waals surface area contributed by atoms with Gasteiger partial charge in [0, 0.05) is 40.3 Å². The Morgan fingerprint density at radius 2 is 1.74 bits per heavy atom. The zero-order valence-electron chi connectivity index (χ0n) is 17.9. The summed E-state index contributed by atoms with van der Waals surface area (Å²) in [5.74, 6) is 0.895. The zero-order chi connectivity index (χ0) is 21.6. The Bertz CT molecular complexity index is 947. The number of hydrogen-bond donors (Lipinski definition) is 1. The van der Waals surface area contributed by atoms with E-state index in [9.17, 15) is 12.8 Å². The van der Waals surface area contributed by atoms with Gasteiger partial charge in [-0.15, -0.1) is 24.0 Å². The van der Waals surface area contributed by atoms with Gasteiger partial charge in [0.15, 0.2) is 5.96 Å². The van der Waals surface area contributed by atoms with Crippen molar-refractivity contribution in [3.8, 4) is 0 Å². The van der Waals surface area contributed by atoms with Gasteiger partial charge in [0.25, 0.3) is 0 Å². The predicted octanol–water partition coefficient (Wildman–Crippen LogP) is 3.55. The molecule has 31 heavy (non-hydrogen) atoms. The van der Waals surface area contributed by atoms with Crippen molar-refractivity contribution in [2.24, 2.45) is 10.9 Å². The number of hydrogen-bond acceptors (Lipinski definition) is 3. The predicted molar refractivity (Wildman–Crippen MR) is 133 cm³/mol. The Balaban J connectivity index is 0.00000341. The van der Waals surface area contributed by atoms with Crippen molar-refractivity contribution < 1.29 is 12.8 Å². The third-order valence-corrected chi connectivity index (χ3v) is 7.32. The minimum Gasteiger partial charge on any atom is -0.356 e. The Morgan fingerprint density at radius 1 is 1.13 bits per heavy atom. The van der Waals surface area contributed by atoms with Gasteiger partial charge >= 0.3 is 0 Å². The Morgan fingerprint density at radius 3 is 2.32 bits per heavy atom. The minimum atomic E-state index is -3.42. The number of nitrogens with one attached hydrogen (secondary N) is 1.